The lowest BCUT2D eigenvalue weighted by molar-refractivity contribution is -0.141. The van der Waals surface area contributed by atoms with E-state index in [-0.39, 0.29) is 24.3 Å². The second-order valence-electron chi connectivity index (χ2n) is 7.71. The first-order valence-corrected chi connectivity index (χ1v) is 9.92. The van der Waals surface area contributed by atoms with Gasteiger partial charge in [-0.15, -0.1) is 0 Å². The molecule has 1 N–H and O–H groups in total. The highest BCUT2D eigenvalue weighted by atomic mass is 19.4. The minimum absolute atomic E-state index is 0.106. The van der Waals surface area contributed by atoms with Gasteiger partial charge in [0, 0.05) is 30.6 Å². The molecule has 0 aromatic carbocycles. The van der Waals surface area contributed by atoms with Gasteiger partial charge in [0.1, 0.15) is 23.0 Å². The third kappa shape index (κ3) is 3.76. The highest BCUT2D eigenvalue weighted by molar-refractivity contribution is 5.93. The van der Waals surface area contributed by atoms with E-state index in [1.165, 1.54) is 23.0 Å². The van der Waals surface area contributed by atoms with Crippen molar-refractivity contribution < 1.29 is 23.0 Å². The van der Waals surface area contributed by atoms with Gasteiger partial charge in [-0.25, -0.2) is 9.97 Å². The summed E-state index contributed by atoms with van der Waals surface area (Å²) in [6, 6.07) is 2.98. The third-order valence-electron chi connectivity index (χ3n) is 5.48. The van der Waals surface area contributed by atoms with Gasteiger partial charge in [0.15, 0.2) is 0 Å². The molecular formula is C21H17F3N6O3. The topological polar surface area (TPSA) is 108 Å². The molecule has 0 bridgehead atoms. The maximum atomic E-state index is 13.4. The molecule has 4 aromatic heterocycles. The molecule has 9 nitrogen and oxygen atoms in total. The van der Waals surface area contributed by atoms with E-state index in [1.54, 1.807) is 24.1 Å². The Balaban J connectivity index is 1.72. The second-order valence-corrected chi connectivity index (χ2v) is 7.71. The molecule has 1 aliphatic heterocycles. The number of halogens is 3. The van der Waals surface area contributed by atoms with Crippen molar-refractivity contribution >= 4 is 10.9 Å². The minimum atomic E-state index is -4.57. The van der Waals surface area contributed by atoms with Crippen LogP contribution in [-0.2, 0) is 18.0 Å². The van der Waals surface area contributed by atoms with Crippen molar-refractivity contribution in [2.75, 3.05) is 13.2 Å². The first kappa shape index (κ1) is 21.2. The number of aliphatic hydroxyl groups is 1. The van der Waals surface area contributed by atoms with Crippen molar-refractivity contribution in [3.63, 3.8) is 0 Å². The monoisotopic (exact) mass is 458 g/mol. The van der Waals surface area contributed by atoms with Crippen LogP contribution in [0, 0.1) is 0 Å². The fourth-order valence-corrected chi connectivity index (χ4v) is 3.78. The van der Waals surface area contributed by atoms with Crippen LogP contribution < -0.4 is 5.56 Å². The summed E-state index contributed by atoms with van der Waals surface area (Å²) in [6.07, 6.45) is 0.219. The molecule has 0 unspecified atom stereocenters. The number of hydrogen-bond donors (Lipinski definition) is 1. The van der Waals surface area contributed by atoms with E-state index >= 15 is 0 Å². The van der Waals surface area contributed by atoms with Crippen LogP contribution in [0.15, 0.2) is 47.9 Å². The average Bonchev–Trinajstić information content (AvgIpc) is 3.41. The Morgan fingerprint density at radius 2 is 1.97 bits per heavy atom. The summed E-state index contributed by atoms with van der Waals surface area (Å²) in [7, 11) is 1.72. The standard InChI is InChI=1S/C21H17F3N6O3/c1-29-7-12(6-27-29)18-19-13(20(32)30(10-26-19)15-8-33-9-16(15)31)4-14(28-18)11-2-3-17(25-5-11)21(22,23)24/h2-7,10,15-16,31H,8-9H2,1H3/t15-,16+/m1/s1. The van der Waals surface area contributed by atoms with Gasteiger partial charge < -0.3 is 9.84 Å². The molecule has 5 rings (SSSR count). The van der Waals surface area contributed by atoms with Crippen molar-refractivity contribution in [3.05, 3.63) is 59.2 Å². The average molecular weight is 458 g/mol. The Morgan fingerprint density at radius 1 is 1.15 bits per heavy atom. The zero-order valence-corrected chi connectivity index (χ0v) is 17.2. The van der Waals surface area contributed by atoms with E-state index in [4.69, 9.17) is 4.74 Å². The van der Waals surface area contributed by atoms with Gasteiger partial charge in [0.05, 0.1) is 42.9 Å². The summed E-state index contributed by atoms with van der Waals surface area (Å²) in [4.78, 5) is 25.8. The molecule has 5 heterocycles. The molecular weight excluding hydrogens is 441 g/mol. The van der Waals surface area contributed by atoms with Gasteiger partial charge in [0.25, 0.3) is 5.56 Å². The lowest BCUT2D eigenvalue weighted by atomic mass is 10.1. The van der Waals surface area contributed by atoms with E-state index in [0.29, 0.717) is 22.3 Å². The number of nitrogens with zero attached hydrogens (tertiary/aromatic N) is 6. The van der Waals surface area contributed by atoms with Crippen molar-refractivity contribution in [2.24, 2.45) is 7.05 Å². The van der Waals surface area contributed by atoms with E-state index in [2.05, 4.69) is 20.1 Å². The first-order valence-electron chi connectivity index (χ1n) is 9.92. The third-order valence-corrected chi connectivity index (χ3v) is 5.48. The maximum Gasteiger partial charge on any atom is 0.433 e. The number of aliphatic hydroxyl groups excluding tert-OH is 1. The zero-order valence-electron chi connectivity index (χ0n) is 17.2. The van der Waals surface area contributed by atoms with Crippen LogP contribution >= 0.6 is 0 Å². The van der Waals surface area contributed by atoms with Gasteiger partial charge in [-0.2, -0.15) is 18.3 Å². The second kappa shape index (κ2) is 7.74. The number of pyridine rings is 2. The number of alkyl halides is 3. The summed E-state index contributed by atoms with van der Waals surface area (Å²) in [6.45, 7) is 0.263. The van der Waals surface area contributed by atoms with Crippen molar-refractivity contribution in [2.45, 2.75) is 18.3 Å². The van der Waals surface area contributed by atoms with Crippen LogP contribution in [-0.4, -0.2) is 53.7 Å². The highest BCUT2D eigenvalue weighted by Crippen LogP contribution is 2.31. The number of fused-ring (bicyclic) bond motifs is 1. The number of ether oxygens (including phenoxy) is 1. The SMILES string of the molecule is Cn1cc(-c2nc(-c3ccc(C(F)(F)F)nc3)cc3c(=O)n([C@@H]4COC[C@@H]4O)cnc23)cn1. The van der Waals surface area contributed by atoms with Crippen LogP contribution in [0.3, 0.4) is 0 Å². The molecule has 12 heteroatoms. The summed E-state index contributed by atoms with van der Waals surface area (Å²) in [5.74, 6) is 0. The van der Waals surface area contributed by atoms with Gasteiger partial charge >= 0.3 is 6.18 Å². The Bertz CT molecular complexity index is 1400. The molecule has 0 radical (unpaired) electrons. The van der Waals surface area contributed by atoms with Crippen LogP contribution in [0.25, 0.3) is 33.4 Å². The molecule has 1 fully saturated rings. The number of rotatable bonds is 3. The first-order chi connectivity index (χ1) is 15.7. The predicted octanol–water partition coefficient (Wildman–Crippen LogP) is 2.20. The molecule has 2 atom stereocenters. The van der Waals surface area contributed by atoms with Crippen LogP contribution in [0.1, 0.15) is 11.7 Å². The predicted molar refractivity (Wildman–Crippen MR) is 110 cm³/mol. The highest BCUT2D eigenvalue weighted by Gasteiger charge is 2.32. The fraction of sp³-hybridized carbons (Fsp3) is 0.286. The van der Waals surface area contributed by atoms with Crippen molar-refractivity contribution in [3.8, 4) is 22.5 Å². The molecule has 33 heavy (non-hydrogen) atoms. The van der Waals surface area contributed by atoms with Gasteiger partial charge in [-0.3, -0.25) is 19.0 Å². The molecule has 0 amide bonds. The Morgan fingerprint density at radius 3 is 2.58 bits per heavy atom. The van der Waals surface area contributed by atoms with Gasteiger partial charge in [-0.1, -0.05) is 0 Å². The van der Waals surface area contributed by atoms with E-state index in [1.807, 2.05) is 0 Å². The van der Waals surface area contributed by atoms with Gasteiger partial charge in [0.2, 0.25) is 0 Å². The van der Waals surface area contributed by atoms with E-state index < -0.39 is 29.6 Å². The minimum Gasteiger partial charge on any atom is -0.388 e. The van der Waals surface area contributed by atoms with Crippen LogP contribution in [0.4, 0.5) is 13.2 Å². The lowest BCUT2D eigenvalue weighted by Crippen LogP contribution is -2.32. The molecule has 1 aliphatic rings. The number of aromatic nitrogens is 6. The summed E-state index contributed by atoms with van der Waals surface area (Å²) in [5, 5.41) is 14.5. The van der Waals surface area contributed by atoms with Crippen LogP contribution in [0.2, 0.25) is 0 Å². The van der Waals surface area contributed by atoms with Crippen molar-refractivity contribution in [1.82, 2.24) is 29.3 Å². The quantitative estimate of drug-likeness (QED) is 0.502. The largest absolute Gasteiger partial charge is 0.433 e. The molecule has 4 aromatic rings. The normalized spacial score (nSPS) is 18.8. The number of hydrogen-bond acceptors (Lipinski definition) is 7. The molecule has 0 spiro atoms. The molecule has 0 aliphatic carbocycles. The molecule has 170 valence electrons. The Labute approximate surface area is 184 Å². The Hall–Kier alpha value is -3.64. The Kier molecular flexibility index (Phi) is 4.98. The summed E-state index contributed by atoms with van der Waals surface area (Å²) < 4.78 is 46.9. The molecule has 0 saturated carbocycles. The van der Waals surface area contributed by atoms with Gasteiger partial charge in [-0.05, 0) is 18.2 Å². The van der Waals surface area contributed by atoms with E-state index in [9.17, 15) is 23.1 Å². The number of aryl methyl sites for hydroxylation is 1. The van der Waals surface area contributed by atoms with E-state index in [0.717, 1.165) is 12.3 Å². The summed E-state index contributed by atoms with van der Waals surface area (Å²) >= 11 is 0. The van der Waals surface area contributed by atoms with Crippen molar-refractivity contribution in [1.29, 1.82) is 0 Å². The molecule has 1 saturated heterocycles. The summed E-state index contributed by atoms with van der Waals surface area (Å²) in [5.41, 5.74) is 0.334. The maximum absolute atomic E-state index is 13.4. The lowest BCUT2D eigenvalue weighted by Gasteiger charge is -2.17. The zero-order chi connectivity index (χ0) is 23.3. The van der Waals surface area contributed by atoms with Crippen LogP contribution in [0.5, 0.6) is 0 Å². The fourth-order valence-electron chi connectivity index (χ4n) is 3.78. The smallest absolute Gasteiger partial charge is 0.388 e.